The molecule has 0 saturated heterocycles. The molecule has 2 N–H and O–H groups in total. The fraction of sp³-hybridized carbons (Fsp3) is 0.889. The minimum atomic E-state index is -0.255. The maximum atomic E-state index is 11.3. The Morgan fingerprint density at radius 3 is 2.00 bits per heavy atom. The van der Waals surface area contributed by atoms with E-state index in [4.69, 9.17) is 5.73 Å². The zero-order valence-electron chi connectivity index (χ0n) is 7.92. The average molecular weight is 157 g/mol. The first kappa shape index (κ1) is 10.6. The molecule has 0 saturated carbocycles. The van der Waals surface area contributed by atoms with Crippen LogP contribution in [-0.4, -0.2) is 11.8 Å². The highest BCUT2D eigenvalue weighted by atomic mass is 16.1. The number of nitrogens with two attached hydrogens (primary N) is 1. The number of rotatable bonds is 4. The van der Waals surface area contributed by atoms with Crippen LogP contribution in [0.2, 0.25) is 0 Å². The van der Waals surface area contributed by atoms with Crippen molar-refractivity contribution in [2.24, 2.45) is 17.6 Å². The standard InChI is InChI=1S/C9H19NO/c1-6(2)5-8(10)9(11)7(3)4/h6-8H,5,10H2,1-4H3. The summed E-state index contributed by atoms with van der Waals surface area (Å²) in [6.07, 6.45) is 0.803. The van der Waals surface area contributed by atoms with Gasteiger partial charge in [-0.3, -0.25) is 4.79 Å². The number of Topliss-reactive ketones (excluding diaryl/α,β-unsaturated/α-hetero) is 1. The smallest absolute Gasteiger partial charge is 0.152 e. The third-order valence-corrected chi connectivity index (χ3v) is 1.66. The molecule has 1 unspecified atom stereocenters. The van der Waals surface area contributed by atoms with Crippen molar-refractivity contribution in [2.45, 2.75) is 40.2 Å². The first-order chi connectivity index (χ1) is 4.95. The van der Waals surface area contributed by atoms with E-state index in [1.54, 1.807) is 0 Å². The SMILES string of the molecule is CC(C)CC(N)C(=O)C(C)C. The lowest BCUT2D eigenvalue weighted by atomic mass is 9.95. The van der Waals surface area contributed by atoms with E-state index >= 15 is 0 Å². The molecule has 66 valence electrons. The van der Waals surface area contributed by atoms with Crippen LogP contribution in [0.1, 0.15) is 34.1 Å². The van der Waals surface area contributed by atoms with E-state index in [-0.39, 0.29) is 17.7 Å². The number of carbonyl (C=O) groups is 1. The van der Waals surface area contributed by atoms with Gasteiger partial charge in [0.2, 0.25) is 0 Å². The monoisotopic (exact) mass is 157 g/mol. The van der Waals surface area contributed by atoms with Crippen LogP contribution in [0.3, 0.4) is 0 Å². The van der Waals surface area contributed by atoms with Crippen LogP contribution in [0.15, 0.2) is 0 Å². The normalized spacial score (nSPS) is 14.1. The predicted molar refractivity (Wildman–Crippen MR) is 47.3 cm³/mol. The molecule has 0 radical (unpaired) electrons. The molecule has 0 rings (SSSR count). The summed E-state index contributed by atoms with van der Waals surface area (Å²) >= 11 is 0. The molecule has 0 aliphatic rings. The lowest BCUT2D eigenvalue weighted by molar-refractivity contribution is -0.123. The summed E-state index contributed by atoms with van der Waals surface area (Å²) in [6, 6.07) is -0.255. The van der Waals surface area contributed by atoms with Crippen LogP contribution < -0.4 is 5.73 Å². The molecule has 0 aromatic heterocycles. The molecule has 2 nitrogen and oxygen atoms in total. The summed E-state index contributed by atoms with van der Waals surface area (Å²) in [4.78, 5) is 11.3. The van der Waals surface area contributed by atoms with Gasteiger partial charge in [0.15, 0.2) is 5.78 Å². The Morgan fingerprint density at radius 2 is 1.73 bits per heavy atom. The number of ketones is 1. The minimum absolute atomic E-state index is 0.0729. The number of carbonyl (C=O) groups excluding carboxylic acids is 1. The summed E-state index contributed by atoms with van der Waals surface area (Å²) in [5, 5.41) is 0. The van der Waals surface area contributed by atoms with Crippen molar-refractivity contribution in [1.29, 1.82) is 0 Å². The highest BCUT2D eigenvalue weighted by Gasteiger charge is 2.17. The van der Waals surface area contributed by atoms with Gasteiger partial charge in [0.1, 0.15) is 0 Å². The second kappa shape index (κ2) is 4.50. The molecule has 0 aromatic rings. The minimum Gasteiger partial charge on any atom is -0.321 e. The van der Waals surface area contributed by atoms with Crippen LogP contribution in [0, 0.1) is 11.8 Å². The molecule has 0 amide bonds. The van der Waals surface area contributed by atoms with E-state index in [2.05, 4.69) is 13.8 Å². The zero-order valence-corrected chi connectivity index (χ0v) is 7.92. The average Bonchev–Trinajstić information content (AvgIpc) is 1.84. The summed E-state index contributed by atoms with van der Waals surface area (Å²) in [5.41, 5.74) is 5.67. The second-order valence-electron chi connectivity index (χ2n) is 3.79. The van der Waals surface area contributed by atoms with Gasteiger partial charge in [0.05, 0.1) is 6.04 Å². The van der Waals surface area contributed by atoms with Crippen molar-refractivity contribution in [2.75, 3.05) is 0 Å². The fourth-order valence-electron chi connectivity index (χ4n) is 1.05. The summed E-state index contributed by atoms with van der Waals surface area (Å²) in [7, 11) is 0. The molecular weight excluding hydrogens is 138 g/mol. The molecule has 0 aromatic carbocycles. The topological polar surface area (TPSA) is 43.1 Å². The molecular formula is C9H19NO. The highest BCUT2D eigenvalue weighted by molar-refractivity contribution is 5.85. The molecule has 11 heavy (non-hydrogen) atoms. The van der Waals surface area contributed by atoms with Gasteiger partial charge in [-0.15, -0.1) is 0 Å². The number of hydrogen-bond donors (Lipinski definition) is 1. The van der Waals surface area contributed by atoms with E-state index in [1.807, 2.05) is 13.8 Å². The Morgan fingerprint density at radius 1 is 1.27 bits per heavy atom. The zero-order chi connectivity index (χ0) is 9.02. The number of hydrogen-bond acceptors (Lipinski definition) is 2. The third kappa shape index (κ3) is 4.14. The first-order valence-corrected chi connectivity index (χ1v) is 4.24. The van der Waals surface area contributed by atoms with Gasteiger partial charge in [0.25, 0.3) is 0 Å². The van der Waals surface area contributed by atoms with Gasteiger partial charge in [-0.05, 0) is 12.3 Å². The Labute approximate surface area is 69.2 Å². The van der Waals surface area contributed by atoms with E-state index in [1.165, 1.54) is 0 Å². The fourth-order valence-corrected chi connectivity index (χ4v) is 1.05. The van der Waals surface area contributed by atoms with Gasteiger partial charge in [-0.1, -0.05) is 27.7 Å². The molecule has 0 heterocycles. The Balaban J connectivity index is 3.83. The van der Waals surface area contributed by atoms with Crippen LogP contribution in [0.5, 0.6) is 0 Å². The molecule has 0 bridgehead atoms. The van der Waals surface area contributed by atoms with Gasteiger partial charge in [0, 0.05) is 5.92 Å². The summed E-state index contributed by atoms with van der Waals surface area (Å²) in [6.45, 7) is 7.94. The van der Waals surface area contributed by atoms with Crippen molar-refractivity contribution in [3.63, 3.8) is 0 Å². The largest absolute Gasteiger partial charge is 0.321 e. The van der Waals surface area contributed by atoms with Gasteiger partial charge in [-0.25, -0.2) is 0 Å². The third-order valence-electron chi connectivity index (χ3n) is 1.66. The maximum absolute atomic E-state index is 11.3. The van der Waals surface area contributed by atoms with Crippen molar-refractivity contribution in [3.8, 4) is 0 Å². The Hall–Kier alpha value is -0.370. The predicted octanol–water partition coefficient (Wildman–Crippen LogP) is 1.58. The van der Waals surface area contributed by atoms with Gasteiger partial charge >= 0.3 is 0 Å². The van der Waals surface area contributed by atoms with Crippen LogP contribution in [0.4, 0.5) is 0 Å². The van der Waals surface area contributed by atoms with Crippen LogP contribution in [-0.2, 0) is 4.79 Å². The van der Waals surface area contributed by atoms with Crippen LogP contribution in [0.25, 0.3) is 0 Å². The van der Waals surface area contributed by atoms with Crippen LogP contribution >= 0.6 is 0 Å². The Bertz CT molecular complexity index is 130. The van der Waals surface area contributed by atoms with Gasteiger partial charge < -0.3 is 5.73 Å². The molecule has 1 atom stereocenters. The molecule has 0 spiro atoms. The quantitative estimate of drug-likeness (QED) is 0.673. The van der Waals surface area contributed by atoms with Crippen molar-refractivity contribution >= 4 is 5.78 Å². The summed E-state index contributed by atoms with van der Waals surface area (Å²) < 4.78 is 0. The maximum Gasteiger partial charge on any atom is 0.152 e. The molecule has 2 heteroatoms. The highest BCUT2D eigenvalue weighted by Crippen LogP contribution is 2.07. The van der Waals surface area contributed by atoms with Gasteiger partial charge in [-0.2, -0.15) is 0 Å². The van der Waals surface area contributed by atoms with E-state index in [9.17, 15) is 4.79 Å². The van der Waals surface area contributed by atoms with E-state index in [0.29, 0.717) is 5.92 Å². The van der Waals surface area contributed by atoms with E-state index in [0.717, 1.165) is 6.42 Å². The van der Waals surface area contributed by atoms with Crippen molar-refractivity contribution in [1.82, 2.24) is 0 Å². The van der Waals surface area contributed by atoms with E-state index < -0.39 is 0 Å². The second-order valence-corrected chi connectivity index (χ2v) is 3.79. The van der Waals surface area contributed by atoms with Crippen molar-refractivity contribution in [3.05, 3.63) is 0 Å². The summed E-state index contributed by atoms with van der Waals surface area (Å²) in [5.74, 6) is 0.759. The lowest BCUT2D eigenvalue weighted by Gasteiger charge is -2.14. The molecule has 0 fully saturated rings. The lowest BCUT2D eigenvalue weighted by Crippen LogP contribution is -2.34. The molecule has 0 aliphatic carbocycles. The van der Waals surface area contributed by atoms with Crippen molar-refractivity contribution < 1.29 is 4.79 Å². The Kier molecular flexibility index (Phi) is 4.34. The molecule has 0 aliphatic heterocycles. The first-order valence-electron chi connectivity index (χ1n) is 4.24.